The maximum atomic E-state index is 5.70. The second-order valence-electron chi connectivity index (χ2n) is 3.37. The topological polar surface area (TPSA) is 31.4 Å². The number of nitrogens with zero attached hydrogens (tertiary/aromatic N) is 1. The van der Waals surface area contributed by atoms with Gasteiger partial charge in [-0.05, 0) is 19.1 Å². The SMILES string of the molecule is CC1(c2ccccn2)OCC(CCl)O1. The minimum absolute atomic E-state index is 0.0383. The molecule has 2 atom stereocenters. The minimum Gasteiger partial charge on any atom is -0.342 e. The third-order valence-corrected chi connectivity index (χ3v) is 2.58. The van der Waals surface area contributed by atoms with Gasteiger partial charge in [-0.1, -0.05) is 6.07 Å². The molecule has 2 unspecified atom stereocenters. The first-order valence-electron chi connectivity index (χ1n) is 4.54. The van der Waals surface area contributed by atoms with Crippen LogP contribution in [0, 0.1) is 0 Å². The fourth-order valence-corrected chi connectivity index (χ4v) is 1.63. The fraction of sp³-hybridized carbons (Fsp3) is 0.500. The van der Waals surface area contributed by atoms with Crippen molar-refractivity contribution in [2.45, 2.75) is 18.8 Å². The first-order chi connectivity index (χ1) is 6.74. The number of pyridine rings is 1. The zero-order valence-corrected chi connectivity index (χ0v) is 8.70. The summed E-state index contributed by atoms with van der Waals surface area (Å²) in [6, 6.07) is 5.66. The Kier molecular flexibility index (Phi) is 2.72. The Balaban J connectivity index is 2.19. The molecule has 0 saturated carbocycles. The van der Waals surface area contributed by atoms with Crippen molar-refractivity contribution >= 4 is 11.6 Å². The molecule has 0 aliphatic carbocycles. The average molecular weight is 214 g/mol. The number of alkyl halides is 1. The molecule has 0 aromatic carbocycles. The molecule has 0 spiro atoms. The Labute approximate surface area is 88.0 Å². The quantitative estimate of drug-likeness (QED) is 0.704. The summed E-state index contributed by atoms with van der Waals surface area (Å²) in [4.78, 5) is 4.21. The van der Waals surface area contributed by atoms with Crippen molar-refractivity contribution in [2.24, 2.45) is 0 Å². The molecule has 0 N–H and O–H groups in total. The van der Waals surface area contributed by atoms with Gasteiger partial charge in [0.15, 0.2) is 0 Å². The molecule has 1 aliphatic rings. The van der Waals surface area contributed by atoms with Crippen LogP contribution in [0.5, 0.6) is 0 Å². The zero-order chi connectivity index (χ0) is 10.0. The van der Waals surface area contributed by atoms with E-state index in [1.54, 1.807) is 6.20 Å². The summed E-state index contributed by atoms with van der Waals surface area (Å²) in [6.45, 7) is 2.39. The normalized spacial score (nSPS) is 32.0. The van der Waals surface area contributed by atoms with E-state index >= 15 is 0 Å². The number of aromatic nitrogens is 1. The fourth-order valence-electron chi connectivity index (χ4n) is 1.48. The molecule has 0 bridgehead atoms. The van der Waals surface area contributed by atoms with Gasteiger partial charge < -0.3 is 9.47 Å². The average Bonchev–Trinajstić information content (AvgIpc) is 2.63. The maximum Gasteiger partial charge on any atom is 0.209 e. The third-order valence-electron chi connectivity index (χ3n) is 2.24. The highest BCUT2D eigenvalue weighted by Gasteiger charge is 2.39. The molecule has 3 nitrogen and oxygen atoms in total. The van der Waals surface area contributed by atoms with Gasteiger partial charge in [0.2, 0.25) is 5.79 Å². The lowest BCUT2D eigenvalue weighted by atomic mass is 10.2. The summed E-state index contributed by atoms with van der Waals surface area (Å²) in [5.41, 5.74) is 0.785. The van der Waals surface area contributed by atoms with Crippen molar-refractivity contribution < 1.29 is 9.47 Å². The Bertz CT molecular complexity index is 306. The van der Waals surface area contributed by atoms with Crippen LogP contribution in [-0.2, 0) is 15.3 Å². The Morgan fingerprint density at radius 3 is 3.07 bits per heavy atom. The first-order valence-corrected chi connectivity index (χ1v) is 5.07. The Morgan fingerprint density at radius 2 is 2.50 bits per heavy atom. The van der Waals surface area contributed by atoms with E-state index in [9.17, 15) is 0 Å². The molecule has 2 heterocycles. The van der Waals surface area contributed by atoms with Gasteiger partial charge in [0.25, 0.3) is 0 Å². The van der Waals surface area contributed by atoms with Crippen LogP contribution in [0.15, 0.2) is 24.4 Å². The van der Waals surface area contributed by atoms with E-state index in [1.807, 2.05) is 25.1 Å². The lowest BCUT2D eigenvalue weighted by Gasteiger charge is -2.21. The molecule has 0 radical (unpaired) electrons. The monoisotopic (exact) mass is 213 g/mol. The van der Waals surface area contributed by atoms with E-state index in [1.165, 1.54) is 0 Å². The van der Waals surface area contributed by atoms with Crippen LogP contribution < -0.4 is 0 Å². The van der Waals surface area contributed by atoms with Gasteiger partial charge in [-0.3, -0.25) is 4.98 Å². The van der Waals surface area contributed by atoms with Crippen molar-refractivity contribution in [1.82, 2.24) is 4.98 Å². The molecule has 1 aromatic rings. The number of hydrogen-bond acceptors (Lipinski definition) is 3. The predicted octanol–water partition coefficient (Wildman–Crippen LogP) is 1.91. The number of hydrogen-bond donors (Lipinski definition) is 0. The summed E-state index contributed by atoms with van der Waals surface area (Å²) >= 11 is 5.70. The van der Waals surface area contributed by atoms with Crippen LogP contribution in [0.2, 0.25) is 0 Å². The highest BCUT2D eigenvalue weighted by atomic mass is 35.5. The van der Waals surface area contributed by atoms with Gasteiger partial charge in [-0.15, -0.1) is 11.6 Å². The molecule has 0 amide bonds. The highest BCUT2D eigenvalue weighted by molar-refractivity contribution is 6.18. The van der Waals surface area contributed by atoms with E-state index in [2.05, 4.69) is 4.98 Å². The molecular formula is C10H12ClNO2. The molecule has 76 valence electrons. The van der Waals surface area contributed by atoms with Crippen molar-refractivity contribution in [3.8, 4) is 0 Å². The first kappa shape index (κ1) is 9.90. The molecule has 1 aromatic heterocycles. The van der Waals surface area contributed by atoms with Crippen molar-refractivity contribution in [1.29, 1.82) is 0 Å². The zero-order valence-electron chi connectivity index (χ0n) is 7.94. The predicted molar refractivity (Wildman–Crippen MR) is 53.1 cm³/mol. The summed E-state index contributed by atoms with van der Waals surface area (Å²) in [5, 5.41) is 0. The third kappa shape index (κ3) is 1.75. The molecular weight excluding hydrogens is 202 g/mol. The molecule has 14 heavy (non-hydrogen) atoms. The smallest absolute Gasteiger partial charge is 0.209 e. The minimum atomic E-state index is -0.735. The van der Waals surface area contributed by atoms with Gasteiger partial charge in [-0.25, -0.2) is 0 Å². The van der Waals surface area contributed by atoms with Crippen molar-refractivity contribution in [3.05, 3.63) is 30.1 Å². The Morgan fingerprint density at radius 1 is 1.64 bits per heavy atom. The molecule has 1 saturated heterocycles. The summed E-state index contributed by atoms with van der Waals surface area (Å²) in [6.07, 6.45) is 1.69. The van der Waals surface area contributed by atoms with Crippen LogP contribution in [0.4, 0.5) is 0 Å². The lowest BCUT2D eigenvalue weighted by Crippen LogP contribution is -2.25. The standard InChI is InChI=1S/C10H12ClNO2/c1-10(9-4-2-3-5-12-9)13-7-8(6-11)14-10/h2-5,8H,6-7H2,1H3. The second kappa shape index (κ2) is 3.85. The number of halogens is 1. The van der Waals surface area contributed by atoms with E-state index in [4.69, 9.17) is 21.1 Å². The summed E-state index contributed by atoms with van der Waals surface area (Å²) < 4.78 is 11.2. The molecule has 1 fully saturated rings. The van der Waals surface area contributed by atoms with Crippen molar-refractivity contribution in [3.63, 3.8) is 0 Å². The van der Waals surface area contributed by atoms with E-state index < -0.39 is 5.79 Å². The van der Waals surface area contributed by atoms with Gasteiger partial charge in [-0.2, -0.15) is 0 Å². The van der Waals surface area contributed by atoms with Crippen LogP contribution in [0.25, 0.3) is 0 Å². The van der Waals surface area contributed by atoms with Crippen molar-refractivity contribution in [2.75, 3.05) is 12.5 Å². The van der Waals surface area contributed by atoms with Crippen LogP contribution in [0.1, 0.15) is 12.6 Å². The largest absolute Gasteiger partial charge is 0.342 e. The molecule has 4 heteroatoms. The summed E-state index contributed by atoms with van der Waals surface area (Å²) in [7, 11) is 0. The van der Waals surface area contributed by atoms with Gasteiger partial charge >= 0.3 is 0 Å². The van der Waals surface area contributed by atoms with Crippen LogP contribution >= 0.6 is 11.6 Å². The lowest BCUT2D eigenvalue weighted by molar-refractivity contribution is -0.162. The molecule has 1 aliphatic heterocycles. The van der Waals surface area contributed by atoms with Crippen LogP contribution in [-0.4, -0.2) is 23.6 Å². The van der Waals surface area contributed by atoms with Gasteiger partial charge in [0.05, 0.1) is 24.3 Å². The second-order valence-corrected chi connectivity index (χ2v) is 3.67. The Hall–Kier alpha value is -0.640. The van der Waals surface area contributed by atoms with E-state index in [0.717, 1.165) is 5.69 Å². The number of ether oxygens (including phenoxy) is 2. The van der Waals surface area contributed by atoms with E-state index in [-0.39, 0.29) is 6.10 Å². The summed E-state index contributed by atoms with van der Waals surface area (Å²) in [5.74, 6) is -0.288. The number of rotatable bonds is 2. The van der Waals surface area contributed by atoms with Gasteiger partial charge in [0.1, 0.15) is 0 Å². The van der Waals surface area contributed by atoms with Gasteiger partial charge in [0, 0.05) is 6.20 Å². The highest BCUT2D eigenvalue weighted by Crippen LogP contribution is 2.32. The molecule has 2 rings (SSSR count). The van der Waals surface area contributed by atoms with Crippen LogP contribution in [0.3, 0.4) is 0 Å². The maximum absolute atomic E-state index is 5.70. The van der Waals surface area contributed by atoms with E-state index in [0.29, 0.717) is 12.5 Å².